The number of nitrogens with zero attached hydrogens (tertiary/aromatic N) is 1. The van der Waals surface area contributed by atoms with E-state index in [0.29, 0.717) is 5.75 Å². The number of nitrogens with one attached hydrogen (secondary N) is 1. The van der Waals surface area contributed by atoms with Crippen LogP contribution in [0.3, 0.4) is 0 Å². The fourth-order valence-corrected chi connectivity index (χ4v) is 3.50. The Kier molecular flexibility index (Phi) is 7.10. The molecule has 5 nitrogen and oxygen atoms in total. The number of hydrogen-bond acceptors (Lipinski definition) is 4. The number of benzene rings is 1. The summed E-state index contributed by atoms with van der Waals surface area (Å²) < 4.78 is 40.2. The number of alkyl halides is 3. The van der Waals surface area contributed by atoms with Crippen molar-refractivity contribution in [1.82, 2.24) is 10.2 Å². The number of halogens is 3. The number of aromatic amines is 1. The van der Waals surface area contributed by atoms with Gasteiger partial charge >= 0.3 is 12.1 Å². The molecular weight excluding hydrogens is 367 g/mol. The molecule has 0 radical (unpaired) electrons. The van der Waals surface area contributed by atoms with E-state index in [9.17, 15) is 18.0 Å². The van der Waals surface area contributed by atoms with E-state index in [0.717, 1.165) is 11.3 Å². The topological polar surface area (TPSA) is 92.0 Å². The van der Waals surface area contributed by atoms with Gasteiger partial charge in [-0.2, -0.15) is 30.0 Å². The molecule has 26 heavy (non-hydrogen) atoms. The minimum absolute atomic E-state index is 0.0696. The number of nitrogens with two attached hydrogens (primary N) is 1. The summed E-state index contributed by atoms with van der Waals surface area (Å²) in [5.74, 6) is -1.97. The second-order valence-corrected chi connectivity index (χ2v) is 7.05. The van der Waals surface area contributed by atoms with Gasteiger partial charge in [0.15, 0.2) is 0 Å². The van der Waals surface area contributed by atoms with E-state index in [4.69, 9.17) is 10.8 Å². The van der Waals surface area contributed by atoms with Crippen LogP contribution < -0.4 is 5.73 Å². The van der Waals surface area contributed by atoms with Crippen LogP contribution >= 0.6 is 11.8 Å². The van der Waals surface area contributed by atoms with E-state index in [-0.39, 0.29) is 24.2 Å². The number of thioether (sulfide) groups is 1. The van der Waals surface area contributed by atoms with Crippen molar-refractivity contribution in [2.45, 2.75) is 31.0 Å². The summed E-state index contributed by atoms with van der Waals surface area (Å²) in [5, 5.41) is 15.3. The first-order chi connectivity index (χ1) is 12.3. The van der Waals surface area contributed by atoms with Crippen molar-refractivity contribution >= 4 is 17.7 Å². The van der Waals surface area contributed by atoms with Gasteiger partial charge in [-0.1, -0.05) is 24.3 Å². The first-order valence-corrected chi connectivity index (χ1v) is 9.17. The minimum atomic E-state index is -4.34. The number of aliphatic carboxylic acids is 1. The second kappa shape index (κ2) is 9.09. The van der Waals surface area contributed by atoms with Crippen LogP contribution in [0, 0.1) is 0 Å². The SMILES string of the molecule is NC(CCSCCC(c1ccc(-c2ccn[nH]2)cc1)C(F)(F)F)C(=O)O. The maximum absolute atomic E-state index is 13.4. The van der Waals surface area contributed by atoms with Gasteiger partial charge in [-0.15, -0.1) is 0 Å². The largest absolute Gasteiger partial charge is 0.480 e. The fraction of sp³-hybridized carbons (Fsp3) is 0.412. The molecule has 0 aliphatic carbocycles. The Hall–Kier alpha value is -2.00. The van der Waals surface area contributed by atoms with Crippen molar-refractivity contribution in [2.75, 3.05) is 11.5 Å². The second-order valence-electron chi connectivity index (χ2n) is 5.82. The number of H-pyrrole nitrogens is 1. The van der Waals surface area contributed by atoms with E-state index in [2.05, 4.69) is 10.2 Å². The van der Waals surface area contributed by atoms with Crippen molar-refractivity contribution in [3.63, 3.8) is 0 Å². The minimum Gasteiger partial charge on any atom is -0.480 e. The van der Waals surface area contributed by atoms with Gasteiger partial charge in [0.25, 0.3) is 0 Å². The highest BCUT2D eigenvalue weighted by Crippen LogP contribution is 2.38. The van der Waals surface area contributed by atoms with Crippen molar-refractivity contribution in [3.05, 3.63) is 42.1 Å². The van der Waals surface area contributed by atoms with Gasteiger partial charge in [-0.05, 0) is 41.5 Å². The van der Waals surface area contributed by atoms with Crippen LogP contribution in [0.15, 0.2) is 36.5 Å². The van der Waals surface area contributed by atoms with E-state index < -0.39 is 24.1 Å². The molecule has 142 valence electrons. The Morgan fingerprint density at radius 1 is 1.19 bits per heavy atom. The predicted molar refractivity (Wildman–Crippen MR) is 95.0 cm³/mol. The number of aromatic nitrogens is 2. The highest BCUT2D eigenvalue weighted by atomic mass is 32.2. The highest BCUT2D eigenvalue weighted by molar-refractivity contribution is 7.99. The quantitative estimate of drug-likeness (QED) is 0.571. The number of carboxylic acids is 1. The van der Waals surface area contributed by atoms with Gasteiger partial charge in [0.2, 0.25) is 0 Å². The molecule has 0 saturated carbocycles. The standard InChI is InChI=1S/C17H20F3N3O2S/c18-17(19,20)13(6-9-26-10-7-14(21)16(24)25)11-1-3-12(4-2-11)15-5-8-22-23-15/h1-5,8,13-14H,6-7,9-10,21H2,(H,22,23)(H,24,25). The molecule has 0 aliphatic rings. The third kappa shape index (κ3) is 5.77. The third-order valence-corrected chi connectivity index (χ3v) is 5.01. The summed E-state index contributed by atoms with van der Waals surface area (Å²) in [5.41, 5.74) is 7.09. The summed E-state index contributed by atoms with van der Waals surface area (Å²) in [6.07, 6.45) is -2.60. The zero-order chi connectivity index (χ0) is 19.2. The smallest absolute Gasteiger partial charge is 0.395 e. The summed E-state index contributed by atoms with van der Waals surface area (Å²) in [4.78, 5) is 10.6. The van der Waals surface area contributed by atoms with Crippen LogP contribution in [0.25, 0.3) is 11.3 Å². The lowest BCUT2D eigenvalue weighted by Gasteiger charge is -2.21. The number of carboxylic acid groups (broad SMARTS) is 1. The molecule has 1 heterocycles. The number of rotatable bonds is 9. The average molecular weight is 387 g/mol. The normalized spacial score (nSPS) is 14.2. The highest BCUT2D eigenvalue weighted by Gasteiger charge is 2.40. The molecule has 4 N–H and O–H groups in total. The van der Waals surface area contributed by atoms with E-state index in [1.54, 1.807) is 24.4 Å². The number of hydrogen-bond donors (Lipinski definition) is 3. The molecule has 1 aromatic heterocycles. The maximum Gasteiger partial charge on any atom is 0.395 e. The van der Waals surface area contributed by atoms with E-state index >= 15 is 0 Å². The van der Waals surface area contributed by atoms with Crippen LogP contribution in [0.4, 0.5) is 13.2 Å². The van der Waals surface area contributed by atoms with Gasteiger partial charge in [-0.3, -0.25) is 9.89 Å². The Morgan fingerprint density at radius 3 is 2.38 bits per heavy atom. The number of carbonyl (C=O) groups is 1. The molecule has 0 amide bonds. The molecule has 0 aliphatic heterocycles. The molecule has 0 spiro atoms. The van der Waals surface area contributed by atoms with Crippen LogP contribution in [0.1, 0.15) is 24.3 Å². The lowest BCUT2D eigenvalue weighted by Crippen LogP contribution is -2.30. The van der Waals surface area contributed by atoms with Crippen molar-refractivity contribution < 1.29 is 23.1 Å². The molecule has 2 unspecified atom stereocenters. The molecule has 2 rings (SSSR count). The molecule has 2 atom stereocenters. The Balaban J connectivity index is 1.94. The lowest BCUT2D eigenvalue weighted by atomic mass is 9.94. The Bertz CT molecular complexity index is 690. The molecule has 2 aromatic rings. The zero-order valence-corrected chi connectivity index (χ0v) is 14.7. The Labute approximate surface area is 153 Å². The van der Waals surface area contributed by atoms with Crippen LogP contribution in [-0.2, 0) is 4.79 Å². The van der Waals surface area contributed by atoms with Gasteiger partial charge in [0.1, 0.15) is 6.04 Å². The van der Waals surface area contributed by atoms with Crippen molar-refractivity contribution in [1.29, 1.82) is 0 Å². The van der Waals surface area contributed by atoms with Gasteiger partial charge in [0, 0.05) is 6.20 Å². The summed E-state index contributed by atoms with van der Waals surface area (Å²) in [7, 11) is 0. The molecule has 0 fully saturated rings. The van der Waals surface area contributed by atoms with E-state index in [1.807, 2.05) is 0 Å². The summed E-state index contributed by atoms with van der Waals surface area (Å²) >= 11 is 1.28. The molecule has 1 aromatic carbocycles. The molecule has 0 bridgehead atoms. The molecule has 9 heteroatoms. The van der Waals surface area contributed by atoms with Crippen molar-refractivity contribution in [3.8, 4) is 11.3 Å². The zero-order valence-electron chi connectivity index (χ0n) is 13.9. The van der Waals surface area contributed by atoms with Crippen LogP contribution in [-0.4, -0.2) is 45.0 Å². The monoisotopic (exact) mass is 387 g/mol. The fourth-order valence-electron chi connectivity index (χ4n) is 2.47. The lowest BCUT2D eigenvalue weighted by molar-refractivity contribution is -0.150. The van der Waals surface area contributed by atoms with Crippen LogP contribution in [0.5, 0.6) is 0 Å². The van der Waals surface area contributed by atoms with Gasteiger partial charge in [-0.25, -0.2) is 0 Å². The van der Waals surface area contributed by atoms with Crippen LogP contribution in [0.2, 0.25) is 0 Å². The van der Waals surface area contributed by atoms with Gasteiger partial charge in [0.05, 0.1) is 11.6 Å². The Morgan fingerprint density at radius 2 is 1.85 bits per heavy atom. The average Bonchev–Trinajstić information content (AvgIpc) is 3.11. The predicted octanol–water partition coefficient (Wildman–Crippen LogP) is 3.65. The first kappa shape index (κ1) is 20.3. The molecule has 0 saturated heterocycles. The van der Waals surface area contributed by atoms with E-state index in [1.165, 1.54) is 23.9 Å². The summed E-state index contributed by atoms with van der Waals surface area (Å²) in [6, 6.07) is 7.02. The van der Waals surface area contributed by atoms with Crippen molar-refractivity contribution in [2.24, 2.45) is 5.73 Å². The molecular formula is C17H20F3N3O2S. The summed E-state index contributed by atoms with van der Waals surface area (Å²) in [6.45, 7) is 0. The first-order valence-electron chi connectivity index (χ1n) is 8.01. The maximum atomic E-state index is 13.4. The third-order valence-electron chi connectivity index (χ3n) is 3.96. The van der Waals surface area contributed by atoms with Gasteiger partial charge < -0.3 is 10.8 Å².